The highest BCUT2D eigenvalue weighted by Gasteiger charge is 2.28. The molecule has 0 aromatic heterocycles. The second-order valence-electron chi connectivity index (χ2n) is 2.74. The van der Waals surface area contributed by atoms with E-state index in [9.17, 15) is 4.79 Å². The van der Waals surface area contributed by atoms with E-state index in [1.54, 1.807) is 0 Å². The summed E-state index contributed by atoms with van der Waals surface area (Å²) in [7, 11) is 0. The molecule has 1 fully saturated rings. The summed E-state index contributed by atoms with van der Waals surface area (Å²) in [6.45, 7) is 0.779. The van der Waals surface area contributed by atoms with Crippen molar-refractivity contribution in [1.82, 2.24) is 4.90 Å². The molecule has 6 heteroatoms. The SMILES string of the molecule is NC(=NO)[C@H]1CCN(C(=O)O)C1. The zero-order valence-corrected chi connectivity index (χ0v) is 6.47. The Kier molecular flexibility index (Phi) is 2.37. The Morgan fingerprint density at radius 2 is 2.33 bits per heavy atom. The Hall–Kier alpha value is -1.46. The zero-order valence-electron chi connectivity index (χ0n) is 6.47. The van der Waals surface area contributed by atoms with Crippen LogP contribution in [0.4, 0.5) is 4.79 Å². The van der Waals surface area contributed by atoms with Crippen molar-refractivity contribution in [2.45, 2.75) is 6.42 Å². The van der Waals surface area contributed by atoms with Crippen LogP contribution in [0, 0.1) is 5.92 Å². The molecule has 1 aliphatic rings. The summed E-state index contributed by atoms with van der Waals surface area (Å²) in [6, 6.07) is 0. The van der Waals surface area contributed by atoms with Gasteiger partial charge in [0.15, 0.2) is 0 Å². The largest absolute Gasteiger partial charge is 0.465 e. The number of oxime groups is 1. The first-order chi connectivity index (χ1) is 5.65. The highest BCUT2D eigenvalue weighted by Crippen LogP contribution is 2.15. The molecular weight excluding hydrogens is 162 g/mol. The standard InChI is InChI=1S/C6H11N3O3/c7-5(8-12)4-1-2-9(3-4)6(10)11/h4,12H,1-3H2,(H2,7,8)(H,10,11)/t4-/m0/s1. The zero-order chi connectivity index (χ0) is 9.14. The van der Waals surface area contributed by atoms with Gasteiger partial charge in [-0.2, -0.15) is 0 Å². The van der Waals surface area contributed by atoms with Gasteiger partial charge in [-0.05, 0) is 6.42 Å². The summed E-state index contributed by atoms with van der Waals surface area (Å²) in [4.78, 5) is 11.7. The van der Waals surface area contributed by atoms with Crippen molar-refractivity contribution in [3.8, 4) is 0 Å². The molecule has 4 N–H and O–H groups in total. The van der Waals surface area contributed by atoms with Gasteiger partial charge in [0.2, 0.25) is 0 Å². The van der Waals surface area contributed by atoms with Gasteiger partial charge in [0.25, 0.3) is 0 Å². The van der Waals surface area contributed by atoms with Crippen LogP contribution < -0.4 is 5.73 Å². The number of nitrogens with zero attached hydrogens (tertiary/aromatic N) is 2. The van der Waals surface area contributed by atoms with Crippen LogP contribution in [-0.2, 0) is 0 Å². The predicted molar refractivity (Wildman–Crippen MR) is 41.1 cm³/mol. The van der Waals surface area contributed by atoms with E-state index >= 15 is 0 Å². The van der Waals surface area contributed by atoms with Crippen molar-refractivity contribution in [3.05, 3.63) is 0 Å². The van der Waals surface area contributed by atoms with Crippen molar-refractivity contribution in [3.63, 3.8) is 0 Å². The lowest BCUT2D eigenvalue weighted by atomic mass is 10.1. The molecule has 1 heterocycles. The van der Waals surface area contributed by atoms with Gasteiger partial charge in [-0.15, -0.1) is 0 Å². The van der Waals surface area contributed by atoms with Gasteiger partial charge in [0.05, 0.1) is 0 Å². The minimum absolute atomic E-state index is 0.110. The molecule has 6 nitrogen and oxygen atoms in total. The Bertz CT molecular complexity index is 216. The van der Waals surface area contributed by atoms with E-state index in [4.69, 9.17) is 16.0 Å². The Balaban J connectivity index is 2.51. The van der Waals surface area contributed by atoms with Crippen LogP contribution in [0.3, 0.4) is 0 Å². The fraction of sp³-hybridized carbons (Fsp3) is 0.667. The van der Waals surface area contributed by atoms with Crippen LogP contribution in [0.1, 0.15) is 6.42 Å². The van der Waals surface area contributed by atoms with Crippen molar-refractivity contribution >= 4 is 11.9 Å². The lowest BCUT2D eigenvalue weighted by Gasteiger charge is -2.10. The summed E-state index contributed by atoms with van der Waals surface area (Å²) in [5, 5.41) is 19.7. The molecule has 0 aromatic carbocycles. The third-order valence-corrected chi connectivity index (χ3v) is 1.99. The Labute approximate surface area is 69.3 Å². The minimum atomic E-state index is -0.955. The van der Waals surface area contributed by atoms with Gasteiger partial charge >= 0.3 is 6.09 Å². The number of hydrogen-bond acceptors (Lipinski definition) is 3. The molecule has 0 spiro atoms. The maximum absolute atomic E-state index is 10.4. The van der Waals surface area contributed by atoms with Crippen LogP contribution in [0.2, 0.25) is 0 Å². The maximum Gasteiger partial charge on any atom is 0.407 e. The number of amides is 1. The first-order valence-electron chi connectivity index (χ1n) is 3.60. The maximum atomic E-state index is 10.4. The van der Waals surface area contributed by atoms with E-state index in [0.717, 1.165) is 0 Å². The Morgan fingerprint density at radius 3 is 2.75 bits per heavy atom. The lowest BCUT2D eigenvalue weighted by molar-refractivity contribution is 0.155. The van der Waals surface area contributed by atoms with Gasteiger partial charge in [0.1, 0.15) is 5.84 Å². The van der Waals surface area contributed by atoms with Crippen LogP contribution in [0.15, 0.2) is 5.16 Å². The molecule has 0 saturated carbocycles. The molecule has 1 amide bonds. The minimum Gasteiger partial charge on any atom is -0.465 e. The molecule has 0 aromatic rings. The first-order valence-corrected chi connectivity index (χ1v) is 3.60. The number of carboxylic acid groups (broad SMARTS) is 1. The smallest absolute Gasteiger partial charge is 0.407 e. The van der Waals surface area contributed by atoms with Crippen LogP contribution >= 0.6 is 0 Å². The van der Waals surface area contributed by atoms with E-state index in [1.165, 1.54) is 4.90 Å². The van der Waals surface area contributed by atoms with Crippen LogP contribution in [0.5, 0.6) is 0 Å². The molecule has 0 bridgehead atoms. The highest BCUT2D eigenvalue weighted by atomic mass is 16.4. The predicted octanol–water partition coefficient (Wildman–Crippen LogP) is -0.267. The monoisotopic (exact) mass is 173 g/mol. The normalized spacial score (nSPS) is 24.5. The first kappa shape index (κ1) is 8.63. The number of rotatable bonds is 1. The number of carbonyl (C=O) groups is 1. The average molecular weight is 173 g/mol. The van der Waals surface area contributed by atoms with Crippen molar-refractivity contribution in [2.75, 3.05) is 13.1 Å². The molecule has 1 rings (SSSR count). The van der Waals surface area contributed by atoms with Gasteiger partial charge in [-0.25, -0.2) is 4.79 Å². The summed E-state index contributed by atoms with van der Waals surface area (Å²) in [5.74, 6) is -0.0233. The quantitative estimate of drug-likeness (QED) is 0.220. The summed E-state index contributed by atoms with van der Waals surface area (Å²) in [6.07, 6.45) is -0.328. The van der Waals surface area contributed by atoms with Crippen molar-refractivity contribution in [2.24, 2.45) is 16.8 Å². The van der Waals surface area contributed by atoms with E-state index in [2.05, 4.69) is 5.16 Å². The summed E-state index contributed by atoms with van der Waals surface area (Å²) < 4.78 is 0. The highest BCUT2D eigenvalue weighted by molar-refractivity contribution is 5.83. The molecule has 0 radical (unpaired) electrons. The second kappa shape index (κ2) is 3.29. The fourth-order valence-corrected chi connectivity index (χ4v) is 1.26. The van der Waals surface area contributed by atoms with Gasteiger partial charge in [0, 0.05) is 19.0 Å². The molecule has 68 valence electrons. The van der Waals surface area contributed by atoms with Crippen LogP contribution in [0.25, 0.3) is 0 Å². The number of nitrogens with two attached hydrogens (primary N) is 1. The van der Waals surface area contributed by atoms with Gasteiger partial charge in [-0.1, -0.05) is 5.16 Å². The molecule has 1 saturated heterocycles. The third kappa shape index (κ3) is 1.58. The average Bonchev–Trinajstić information content (AvgIpc) is 2.51. The number of hydrogen-bond donors (Lipinski definition) is 3. The molecule has 1 atom stereocenters. The number of amidine groups is 1. The van der Waals surface area contributed by atoms with E-state index in [-0.39, 0.29) is 11.8 Å². The fourth-order valence-electron chi connectivity index (χ4n) is 1.26. The molecule has 12 heavy (non-hydrogen) atoms. The molecular formula is C6H11N3O3. The van der Waals surface area contributed by atoms with Gasteiger partial charge in [-0.3, -0.25) is 0 Å². The summed E-state index contributed by atoms with van der Waals surface area (Å²) >= 11 is 0. The number of likely N-dealkylation sites (tertiary alicyclic amines) is 1. The van der Waals surface area contributed by atoms with E-state index in [1.807, 2.05) is 0 Å². The van der Waals surface area contributed by atoms with Crippen LogP contribution in [-0.4, -0.2) is 40.2 Å². The topological polar surface area (TPSA) is 99.2 Å². The molecule has 0 aliphatic carbocycles. The van der Waals surface area contributed by atoms with Gasteiger partial charge < -0.3 is 20.9 Å². The molecule has 0 unspecified atom stereocenters. The Morgan fingerprint density at radius 1 is 1.67 bits per heavy atom. The summed E-state index contributed by atoms with van der Waals surface area (Å²) in [5.41, 5.74) is 5.32. The van der Waals surface area contributed by atoms with Crippen molar-refractivity contribution < 1.29 is 15.1 Å². The second-order valence-corrected chi connectivity index (χ2v) is 2.74. The lowest BCUT2D eigenvalue weighted by Crippen LogP contribution is -2.30. The van der Waals surface area contributed by atoms with E-state index < -0.39 is 6.09 Å². The van der Waals surface area contributed by atoms with E-state index in [0.29, 0.717) is 19.5 Å². The molecule has 1 aliphatic heterocycles. The van der Waals surface area contributed by atoms with Crippen molar-refractivity contribution in [1.29, 1.82) is 0 Å². The third-order valence-electron chi connectivity index (χ3n) is 1.99.